The molecule has 2 aromatic heterocycles. The van der Waals surface area contributed by atoms with Gasteiger partial charge in [-0.15, -0.1) is 11.3 Å². The van der Waals surface area contributed by atoms with Gasteiger partial charge in [0.2, 0.25) is 0 Å². The lowest BCUT2D eigenvalue weighted by Gasteiger charge is -2.08. The number of carbonyl (C=O) groups is 1. The van der Waals surface area contributed by atoms with Crippen molar-refractivity contribution in [3.63, 3.8) is 0 Å². The standard InChI is InChI=1S/C20H18ClFN2O4S3/c1-5-28-19(25)17-11(4)23-20(30-17)24-31(26,27)16-9-15(18(21)29-16)14-8-12(22)6-7-13(14)10(2)3/h6-9H,2,5H2,1,3-4H3,(H,23,24). The summed E-state index contributed by atoms with van der Waals surface area (Å²) in [6.45, 7) is 9.10. The number of thiazole rings is 1. The lowest BCUT2D eigenvalue weighted by molar-refractivity contribution is 0.0531. The minimum atomic E-state index is -4.04. The second-order valence-electron chi connectivity index (χ2n) is 6.48. The fraction of sp³-hybridized carbons (Fsp3) is 0.200. The molecule has 1 N–H and O–H groups in total. The zero-order valence-corrected chi connectivity index (χ0v) is 20.0. The number of halogens is 2. The first-order chi connectivity index (χ1) is 14.5. The molecule has 31 heavy (non-hydrogen) atoms. The second kappa shape index (κ2) is 9.07. The highest BCUT2D eigenvalue weighted by atomic mass is 35.5. The Morgan fingerprint density at radius 3 is 2.65 bits per heavy atom. The van der Waals surface area contributed by atoms with E-state index >= 15 is 0 Å². The number of nitrogens with zero attached hydrogens (tertiary/aromatic N) is 1. The molecular weight excluding hydrogens is 483 g/mol. The molecule has 0 saturated heterocycles. The Labute approximate surface area is 192 Å². The Balaban J connectivity index is 1.97. The molecule has 6 nitrogen and oxygen atoms in total. The number of thiophene rings is 1. The number of rotatable bonds is 7. The summed E-state index contributed by atoms with van der Waals surface area (Å²) in [4.78, 5) is 16.3. The molecule has 0 bridgehead atoms. The van der Waals surface area contributed by atoms with Crippen LogP contribution in [0.25, 0.3) is 16.7 Å². The van der Waals surface area contributed by atoms with Gasteiger partial charge in [0, 0.05) is 5.56 Å². The van der Waals surface area contributed by atoms with Crippen LogP contribution in [0.3, 0.4) is 0 Å². The fourth-order valence-corrected chi connectivity index (χ4v) is 6.61. The van der Waals surface area contributed by atoms with Crippen LogP contribution in [-0.2, 0) is 14.8 Å². The van der Waals surface area contributed by atoms with Gasteiger partial charge in [0.1, 0.15) is 19.2 Å². The van der Waals surface area contributed by atoms with Crippen LogP contribution in [0.1, 0.15) is 34.8 Å². The molecule has 11 heteroatoms. The lowest BCUT2D eigenvalue weighted by atomic mass is 9.97. The number of ether oxygens (including phenoxy) is 1. The predicted octanol–water partition coefficient (Wildman–Crippen LogP) is 5.98. The minimum Gasteiger partial charge on any atom is -0.462 e. The van der Waals surface area contributed by atoms with E-state index in [1.807, 2.05) is 0 Å². The van der Waals surface area contributed by atoms with E-state index in [4.69, 9.17) is 16.3 Å². The molecule has 0 spiro atoms. The average molecular weight is 501 g/mol. The van der Waals surface area contributed by atoms with Crippen molar-refractivity contribution in [1.82, 2.24) is 4.98 Å². The highest BCUT2D eigenvalue weighted by Crippen LogP contribution is 2.41. The average Bonchev–Trinajstić information content (AvgIpc) is 3.24. The molecule has 3 aromatic rings. The van der Waals surface area contributed by atoms with E-state index in [9.17, 15) is 17.6 Å². The SMILES string of the molecule is C=C(C)c1ccc(F)cc1-c1cc(S(=O)(=O)Nc2nc(C)c(C(=O)OCC)s2)sc1Cl. The summed E-state index contributed by atoms with van der Waals surface area (Å²) in [5.74, 6) is -1.04. The number of aryl methyl sites for hydroxylation is 1. The third-order valence-corrected chi connectivity index (χ3v) is 8.49. The number of nitrogens with one attached hydrogen (secondary N) is 1. The van der Waals surface area contributed by atoms with Crippen LogP contribution < -0.4 is 4.72 Å². The van der Waals surface area contributed by atoms with E-state index in [0.29, 0.717) is 28.0 Å². The molecule has 0 unspecified atom stereocenters. The maximum Gasteiger partial charge on any atom is 0.350 e. The molecule has 0 saturated carbocycles. The molecular formula is C20H18ClFN2O4S3. The third kappa shape index (κ3) is 4.98. The summed E-state index contributed by atoms with van der Waals surface area (Å²) >= 11 is 8.04. The van der Waals surface area contributed by atoms with E-state index in [2.05, 4.69) is 16.3 Å². The maximum absolute atomic E-state index is 13.9. The first-order valence-electron chi connectivity index (χ1n) is 8.96. The lowest BCUT2D eigenvalue weighted by Crippen LogP contribution is -2.11. The Bertz CT molecular complexity index is 1280. The highest BCUT2D eigenvalue weighted by molar-refractivity contribution is 7.95. The van der Waals surface area contributed by atoms with Gasteiger partial charge in [0.25, 0.3) is 10.0 Å². The van der Waals surface area contributed by atoms with E-state index in [1.165, 1.54) is 18.2 Å². The van der Waals surface area contributed by atoms with Gasteiger partial charge in [-0.1, -0.05) is 41.2 Å². The molecule has 0 fully saturated rings. The quantitative estimate of drug-likeness (QED) is 0.403. The van der Waals surface area contributed by atoms with Crippen LogP contribution in [0.2, 0.25) is 4.34 Å². The molecule has 2 heterocycles. The second-order valence-corrected chi connectivity index (χ2v) is 11.0. The molecule has 3 rings (SSSR count). The van der Waals surface area contributed by atoms with Gasteiger partial charge in [-0.25, -0.2) is 22.6 Å². The largest absolute Gasteiger partial charge is 0.462 e. The van der Waals surface area contributed by atoms with Crippen LogP contribution in [-0.4, -0.2) is 26.0 Å². The van der Waals surface area contributed by atoms with Gasteiger partial charge < -0.3 is 4.74 Å². The number of benzene rings is 1. The van der Waals surface area contributed by atoms with Crippen LogP contribution in [0.15, 0.2) is 35.1 Å². The van der Waals surface area contributed by atoms with Gasteiger partial charge in [-0.3, -0.25) is 4.72 Å². The normalized spacial score (nSPS) is 11.4. The van der Waals surface area contributed by atoms with Crippen molar-refractivity contribution in [1.29, 1.82) is 0 Å². The first-order valence-corrected chi connectivity index (χ1v) is 12.5. The molecule has 0 aliphatic heterocycles. The number of sulfonamides is 1. The van der Waals surface area contributed by atoms with E-state index in [0.717, 1.165) is 22.7 Å². The maximum atomic E-state index is 13.9. The molecule has 0 radical (unpaired) electrons. The Morgan fingerprint density at radius 2 is 2.00 bits per heavy atom. The molecule has 0 amide bonds. The Hall–Kier alpha value is -2.27. The van der Waals surface area contributed by atoms with Crippen molar-refractivity contribution in [3.8, 4) is 11.1 Å². The summed E-state index contributed by atoms with van der Waals surface area (Å²) in [6.07, 6.45) is 0. The summed E-state index contributed by atoms with van der Waals surface area (Å²) in [6, 6.07) is 5.54. The van der Waals surface area contributed by atoms with E-state index in [-0.39, 0.29) is 25.2 Å². The number of allylic oxidation sites excluding steroid dienone is 1. The zero-order valence-electron chi connectivity index (χ0n) is 16.8. The van der Waals surface area contributed by atoms with Crippen molar-refractivity contribution in [2.45, 2.75) is 25.0 Å². The summed E-state index contributed by atoms with van der Waals surface area (Å²) in [5, 5.41) is 0.0278. The number of carbonyl (C=O) groups excluding carboxylic acids is 1. The minimum absolute atomic E-state index is 0.0278. The van der Waals surface area contributed by atoms with Crippen LogP contribution in [0.4, 0.5) is 9.52 Å². The Kier molecular flexibility index (Phi) is 6.85. The molecule has 164 valence electrons. The van der Waals surface area contributed by atoms with Gasteiger partial charge in [0.05, 0.1) is 12.3 Å². The van der Waals surface area contributed by atoms with Crippen LogP contribution in [0.5, 0.6) is 0 Å². The molecule has 0 atom stereocenters. The Morgan fingerprint density at radius 1 is 1.29 bits per heavy atom. The topological polar surface area (TPSA) is 85.4 Å². The number of esters is 1. The van der Waals surface area contributed by atoms with Crippen LogP contribution in [0, 0.1) is 12.7 Å². The van der Waals surface area contributed by atoms with Gasteiger partial charge in [-0.05, 0) is 50.1 Å². The third-order valence-electron chi connectivity index (χ3n) is 4.14. The van der Waals surface area contributed by atoms with E-state index < -0.39 is 21.8 Å². The number of hydrogen-bond acceptors (Lipinski definition) is 7. The summed E-state index contributed by atoms with van der Waals surface area (Å²) < 4.78 is 47.1. The molecule has 1 aromatic carbocycles. The summed E-state index contributed by atoms with van der Waals surface area (Å²) in [5.41, 5.74) is 2.53. The van der Waals surface area contributed by atoms with Gasteiger partial charge >= 0.3 is 5.97 Å². The van der Waals surface area contributed by atoms with Crippen molar-refractivity contribution in [3.05, 3.63) is 57.1 Å². The monoisotopic (exact) mass is 500 g/mol. The van der Waals surface area contributed by atoms with Crippen molar-refractivity contribution in [2.24, 2.45) is 0 Å². The fourth-order valence-electron chi connectivity index (χ4n) is 2.77. The van der Waals surface area contributed by atoms with Crippen molar-refractivity contribution in [2.75, 3.05) is 11.3 Å². The van der Waals surface area contributed by atoms with Gasteiger partial charge in [0.15, 0.2) is 5.13 Å². The van der Waals surface area contributed by atoms with Crippen LogP contribution >= 0.6 is 34.3 Å². The predicted molar refractivity (Wildman–Crippen MR) is 123 cm³/mol. The van der Waals surface area contributed by atoms with Crippen molar-refractivity contribution < 1.29 is 22.3 Å². The smallest absolute Gasteiger partial charge is 0.350 e. The van der Waals surface area contributed by atoms with E-state index in [1.54, 1.807) is 26.8 Å². The molecule has 0 aliphatic carbocycles. The summed E-state index contributed by atoms with van der Waals surface area (Å²) in [7, 11) is -4.04. The zero-order chi connectivity index (χ0) is 22.9. The first kappa shape index (κ1) is 23.4. The number of aromatic nitrogens is 1. The van der Waals surface area contributed by atoms with Crippen molar-refractivity contribution >= 4 is 61.0 Å². The molecule has 0 aliphatic rings. The highest BCUT2D eigenvalue weighted by Gasteiger charge is 2.25. The number of hydrogen-bond donors (Lipinski definition) is 1. The number of anilines is 1. The van der Waals surface area contributed by atoms with Gasteiger partial charge in [-0.2, -0.15) is 0 Å².